The van der Waals surface area contributed by atoms with Gasteiger partial charge in [-0.05, 0) is 34.1 Å². The van der Waals surface area contributed by atoms with E-state index in [0.29, 0.717) is 11.6 Å². The first-order valence-corrected chi connectivity index (χ1v) is 6.98. The Bertz CT molecular complexity index is 618. The minimum absolute atomic E-state index is 0.285. The predicted octanol–water partition coefficient (Wildman–Crippen LogP) is 4.44. The molecule has 1 N–H and O–H groups in total. The lowest BCUT2D eigenvalue weighted by molar-refractivity contribution is 0.173. The molecule has 3 nitrogen and oxygen atoms in total. The summed E-state index contributed by atoms with van der Waals surface area (Å²) in [6.45, 7) is 0.929. The molecule has 5 heteroatoms. The summed E-state index contributed by atoms with van der Waals surface area (Å²) < 4.78 is 11.7. The number of hydrogen-bond acceptors (Lipinski definition) is 3. The molecule has 1 aliphatic heterocycles. The van der Waals surface area contributed by atoms with Gasteiger partial charge in [-0.15, -0.1) is 0 Å². The van der Waals surface area contributed by atoms with E-state index in [0.717, 1.165) is 27.2 Å². The van der Waals surface area contributed by atoms with Crippen molar-refractivity contribution < 1.29 is 9.47 Å². The predicted molar refractivity (Wildman–Crippen MR) is 79.0 cm³/mol. The lowest BCUT2D eigenvalue weighted by Crippen LogP contribution is -2.01. The lowest BCUT2D eigenvalue weighted by Gasteiger charge is -2.11. The Hall–Kier alpha value is -1.39. The molecular weight excluding hydrogens is 330 g/mol. The van der Waals surface area contributed by atoms with Crippen LogP contribution in [0.5, 0.6) is 11.5 Å². The Kier molecular flexibility index (Phi) is 3.53. The Morgan fingerprint density at radius 3 is 2.89 bits per heavy atom. The quantitative estimate of drug-likeness (QED) is 0.896. The summed E-state index contributed by atoms with van der Waals surface area (Å²) in [6.07, 6.45) is 0. The van der Waals surface area contributed by atoms with E-state index in [9.17, 15) is 0 Å². The molecule has 0 bridgehead atoms. The number of hydrogen-bond donors (Lipinski definition) is 1. The van der Waals surface area contributed by atoms with Crippen LogP contribution in [0, 0.1) is 0 Å². The second kappa shape index (κ2) is 5.31. The number of rotatable bonds is 3. The van der Waals surface area contributed by atoms with Gasteiger partial charge in [-0.2, -0.15) is 0 Å². The Labute approximate surface area is 124 Å². The SMILES string of the molecule is Clc1cccc(NCc2cccc3c2OCO3)c1Br. The van der Waals surface area contributed by atoms with E-state index in [-0.39, 0.29) is 6.79 Å². The summed E-state index contributed by atoms with van der Waals surface area (Å²) in [5, 5.41) is 4.02. The van der Waals surface area contributed by atoms with Crippen molar-refractivity contribution in [2.45, 2.75) is 6.54 Å². The van der Waals surface area contributed by atoms with Crippen LogP contribution in [0.4, 0.5) is 5.69 Å². The molecular formula is C14H11BrClNO2. The fraction of sp³-hybridized carbons (Fsp3) is 0.143. The third-order valence-electron chi connectivity index (χ3n) is 2.90. The third kappa shape index (κ3) is 2.51. The van der Waals surface area contributed by atoms with Gasteiger partial charge in [-0.3, -0.25) is 0 Å². The molecule has 3 rings (SSSR count). The minimum atomic E-state index is 0.285. The maximum Gasteiger partial charge on any atom is 0.231 e. The van der Waals surface area contributed by atoms with Crippen LogP contribution in [0.1, 0.15) is 5.56 Å². The fourth-order valence-electron chi connectivity index (χ4n) is 1.96. The number of anilines is 1. The van der Waals surface area contributed by atoms with Gasteiger partial charge in [0.15, 0.2) is 11.5 Å². The van der Waals surface area contributed by atoms with Crippen molar-refractivity contribution in [2.24, 2.45) is 0 Å². The van der Waals surface area contributed by atoms with Gasteiger partial charge < -0.3 is 14.8 Å². The number of para-hydroxylation sites is 1. The van der Waals surface area contributed by atoms with Crippen LogP contribution >= 0.6 is 27.5 Å². The lowest BCUT2D eigenvalue weighted by atomic mass is 10.2. The first kappa shape index (κ1) is 12.6. The van der Waals surface area contributed by atoms with Gasteiger partial charge in [0.25, 0.3) is 0 Å². The Morgan fingerprint density at radius 2 is 2.00 bits per heavy atom. The highest BCUT2D eigenvalue weighted by atomic mass is 79.9. The van der Waals surface area contributed by atoms with Crippen molar-refractivity contribution in [2.75, 3.05) is 12.1 Å². The fourth-order valence-corrected chi connectivity index (χ4v) is 2.54. The largest absolute Gasteiger partial charge is 0.454 e. The average Bonchev–Trinajstić information content (AvgIpc) is 2.89. The number of ether oxygens (including phenoxy) is 2. The number of halogens is 2. The smallest absolute Gasteiger partial charge is 0.231 e. The first-order chi connectivity index (χ1) is 9.25. The van der Waals surface area contributed by atoms with E-state index in [1.165, 1.54) is 0 Å². The molecule has 0 radical (unpaired) electrons. The highest BCUT2D eigenvalue weighted by Crippen LogP contribution is 2.36. The summed E-state index contributed by atoms with van der Waals surface area (Å²) in [5.74, 6) is 1.61. The summed E-state index contributed by atoms with van der Waals surface area (Å²) in [7, 11) is 0. The van der Waals surface area contributed by atoms with E-state index >= 15 is 0 Å². The van der Waals surface area contributed by atoms with Crippen LogP contribution < -0.4 is 14.8 Å². The molecule has 0 atom stereocenters. The topological polar surface area (TPSA) is 30.5 Å². The van der Waals surface area contributed by atoms with Crippen molar-refractivity contribution in [1.82, 2.24) is 0 Å². The van der Waals surface area contributed by atoms with Gasteiger partial charge in [0.2, 0.25) is 6.79 Å². The second-order valence-electron chi connectivity index (χ2n) is 4.11. The van der Waals surface area contributed by atoms with Crippen LogP contribution in [-0.4, -0.2) is 6.79 Å². The number of nitrogens with one attached hydrogen (secondary N) is 1. The molecule has 1 aliphatic rings. The summed E-state index contributed by atoms with van der Waals surface area (Å²) >= 11 is 9.52. The van der Waals surface area contributed by atoms with Gasteiger partial charge in [0, 0.05) is 12.1 Å². The van der Waals surface area contributed by atoms with E-state index < -0.39 is 0 Å². The minimum Gasteiger partial charge on any atom is -0.454 e. The third-order valence-corrected chi connectivity index (χ3v) is 4.30. The molecule has 0 spiro atoms. The second-order valence-corrected chi connectivity index (χ2v) is 5.31. The monoisotopic (exact) mass is 339 g/mol. The molecule has 0 aromatic heterocycles. The van der Waals surface area contributed by atoms with E-state index in [4.69, 9.17) is 21.1 Å². The van der Waals surface area contributed by atoms with Gasteiger partial charge in [-0.1, -0.05) is 29.8 Å². The zero-order valence-electron chi connectivity index (χ0n) is 9.95. The summed E-state index contributed by atoms with van der Waals surface area (Å²) in [4.78, 5) is 0. The van der Waals surface area contributed by atoms with Crippen molar-refractivity contribution in [3.63, 3.8) is 0 Å². The Balaban J connectivity index is 1.80. The molecule has 19 heavy (non-hydrogen) atoms. The van der Waals surface area contributed by atoms with Crippen LogP contribution in [0.25, 0.3) is 0 Å². The first-order valence-electron chi connectivity index (χ1n) is 5.81. The molecule has 1 heterocycles. The standard InChI is InChI=1S/C14H11BrClNO2/c15-13-10(16)4-2-5-11(13)17-7-9-3-1-6-12-14(9)19-8-18-12/h1-6,17H,7-8H2. The van der Waals surface area contributed by atoms with Crippen LogP contribution in [0.15, 0.2) is 40.9 Å². The molecule has 98 valence electrons. The molecule has 0 unspecified atom stereocenters. The zero-order valence-corrected chi connectivity index (χ0v) is 12.3. The van der Waals surface area contributed by atoms with Crippen molar-refractivity contribution in [1.29, 1.82) is 0 Å². The number of benzene rings is 2. The van der Waals surface area contributed by atoms with Crippen LogP contribution in [-0.2, 0) is 6.54 Å². The van der Waals surface area contributed by atoms with Gasteiger partial charge in [0.1, 0.15) is 0 Å². The molecule has 0 amide bonds. The maximum atomic E-state index is 6.06. The molecule has 0 saturated heterocycles. The van der Waals surface area contributed by atoms with Gasteiger partial charge in [0.05, 0.1) is 15.2 Å². The highest BCUT2D eigenvalue weighted by molar-refractivity contribution is 9.10. The summed E-state index contributed by atoms with van der Waals surface area (Å²) in [5.41, 5.74) is 2.01. The summed E-state index contributed by atoms with van der Waals surface area (Å²) in [6, 6.07) is 11.6. The average molecular weight is 341 g/mol. The van der Waals surface area contributed by atoms with Crippen molar-refractivity contribution in [3.8, 4) is 11.5 Å². The Morgan fingerprint density at radius 1 is 1.16 bits per heavy atom. The molecule has 2 aromatic rings. The molecule has 0 saturated carbocycles. The van der Waals surface area contributed by atoms with E-state index in [2.05, 4.69) is 21.2 Å². The van der Waals surface area contributed by atoms with Gasteiger partial charge in [-0.25, -0.2) is 0 Å². The normalized spacial score (nSPS) is 12.5. The molecule has 0 fully saturated rings. The van der Waals surface area contributed by atoms with Crippen LogP contribution in [0.2, 0.25) is 5.02 Å². The zero-order chi connectivity index (χ0) is 13.2. The van der Waals surface area contributed by atoms with Crippen molar-refractivity contribution in [3.05, 3.63) is 51.5 Å². The van der Waals surface area contributed by atoms with Crippen molar-refractivity contribution >= 4 is 33.2 Å². The maximum absolute atomic E-state index is 6.06. The highest BCUT2D eigenvalue weighted by Gasteiger charge is 2.17. The van der Waals surface area contributed by atoms with E-state index in [1.54, 1.807) is 0 Å². The van der Waals surface area contributed by atoms with Crippen LogP contribution in [0.3, 0.4) is 0 Å². The molecule has 0 aliphatic carbocycles. The number of fused-ring (bicyclic) bond motifs is 1. The van der Waals surface area contributed by atoms with E-state index in [1.807, 2.05) is 36.4 Å². The molecule has 2 aromatic carbocycles. The van der Waals surface area contributed by atoms with Gasteiger partial charge >= 0.3 is 0 Å².